The van der Waals surface area contributed by atoms with Gasteiger partial charge in [0, 0.05) is 11.1 Å². The maximum Gasteiger partial charge on any atom is 0.0952 e. The van der Waals surface area contributed by atoms with E-state index in [1.165, 1.54) is 16.3 Å². The van der Waals surface area contributed by atoms with Crippen LogP contribution in [0.5, 0.6) is 0 Å². The third kappa shape index (κ3) is 3.70. The molecule has 0 saturated heterocycles. The minimum absolute atomic E-state index is 0. The third-order valence-electron chi connectivity index (χ3n) is 3.93. The highest BCUT2D eigenvalue weighted by Crippen LogP contribution is 2.41. The van der Waals surface area contributed by atoms with E-state index < -0.39 is 0 Å². The van der Waals surface area contributed by atoms with Gasteiger partial charge in [0.2, 0.25) is 0 Å². The lowest BCUT2D eigenvalue weighted by Gasteiger charge is -2.27. The van der Waals surface area contributed by atoms with Gasteiger partial charge in [0.1, 0.15) is 0 Å². The van der Waals surface area contributed by atoms with Crippen LogP contribution in [0.15, 0.2) is 89.9 Å². The molecular formula is C20H20ClN3S. The molecule has 1 aliphatic heterocycles. The Morgan fingerprint density at radius 1 is 0.960 bits per heavy atom. The number of imidazole rings is 1. The van der Waals surface area contributed by atoms with Gasteiger partial charge in [0.05, 0.1) is 30.0 Å². The second-order valence-electron chi connectivity index (χ2n) is 5.74. The molecule has 1 aliphatic rings. The van der Waals surface area contributed by atoms with Crippen molar-refractivity contribution in [2.45, 2.75) is 18.4 Å². The molecule has 5 heteroatoms. The van der Waals surface area contributed by atoms with Gasteiger partial charge in [-0.25, -0.2) is 4.98 Å². The standard InChI is InChI=1S/C20H19N3S.ClH/c1-17-14-22(16-21-17)15-19-12-13-24(20-10-6-3-7-11-20)23(19)18-8-4-2-5-9-18;/h2-14,16H,15H2,1H3;1H. The van der Waals surface area contributed by atoms with E-state index in [2.05, 4.69) is 92.2 Å². The number of allylic oxidation sites excluding steroid dienone is 2. The van der Waals surface area contributed by atoms with Crippen LogP contribution in [0.2, 0.25) is 0 Å². The number of hydrogen-bond donors (Lipinski definition) is 0. The summed E-state index contributed by atoms with van der Waals surface area (Å²) in [4.78, 5) is 5.67. The summed E-state index contributed by atoms with van der Waals surface area (Å²) in [6, 6.07) is 21.3. The van der Waals surface area contributed by atoms with Crippen LogP contribution in [0, 0.1) is 6.92 Å². The Morgan fingerprint density at radius 3 is 2.28 bits per heavy atom. The first-order valence-electron chi connectivity index (χ1n) is 7.97. The number of halogens is 1. The van der Waals surface area contributed by atoms with Gasteiger partial charge in [-0.1, -0.05) is 47.1 Å². The summed E-state index contributed by atoms with van der Waals surface area (Å²) in [5.74, 6) is 0. The molecule has 0 saturated carbocycles. The molecule has 0 N–H and O–H groups in total. The van der Waals surface area contributed by atoms with Gasteiger partial charge in [-0.15, -0.1) is 12.4 Å². The van der Waals surface area contributed by atoms with E-state index in [0.717, 1.165) is 12.2 Å². The van der Waals surface area contributed by atoms with Crippen molar-refractivity contribution in [2.24, 2.45) is 0 Å². The van der Waals surface area contributed by atoms with E-state index in [1.807, 2.05) is 13.3 Å². The lowest BCUT2D eigenvalue weighted by molar-refractivity contribution is 0.777. The monoisotopic (exact) mass is 369 g/mol. The Morgan fingerprint density at radius 2 is 1.64 bits per heavy atom. The summed E-state index contributed by atoms with van der Waals surface area (Å²) >= 11 is 0. The Labute approximate surface area is 157 Å². The lowest BCUT2D eigenvalue weighted by atomic mass is 10.3. The number of benzene rings is 2. The van der Waals surface area contributed by atoms with Crippen molar-refractivity contribution in [3.05, 3.63) is 90.7 Å². The first kappa shape index (κ1) is 17.5. The van der Waals surface area contributed by atoms with E-state index >= 15 is 0 Å². The van der Waals surface area contributed by atoms with Gasteiger partial charge >= 0.3 is 0 Å². The van der Waals surface area contributed by atoms with Crippen molar-refractivity contribution in [2.75, 3.05) is 4.31 Å². The van der Waals surface area contributed by atoms with Crippen molar-refractivity contribution in [1.29, 1.82) is 0 Å². The average molecular weight is 370 g/mol. The van der Waals surface area contributed by atoms with Crippen LogP contribution in [0.1, 0.15) is 5.69 Å². The number of anilines is 1. The molecule has 3 aromatic rings. The quantitative estimate of drug-likeness (QED) is 0.599. The van der Waals surface area contributed by atoms with Crippen molar-refractivity contribution in [3.63, 3.8) is 0 Å². The van der Waals surface area contributed by atoms with Gasteiger partial charge in [-0.3, -0.25) is 4.31 Å². The first-order chi connectivity index (χ1) is 11.8. The Hall–Kier alpha value is -2.30. The summed E-state index contributed by atoms with van der Waals surface area (Å²) in [5, 5.41) is 2.31. The average Bonchev–Trinajstić information content (AvgIpc) is 3.23. The SMILES string of the molecule is Cc1cn(CC2=CC=S(c3ccccc3)N2c2ccccc2)cn1.Cl. The van der Waals surface area contributed by atoms with Crippen molar-refractivity contribution >= 4 is 34.1 Å². The molecular weight excluding hydrogens is 350 g/mol. The summed E-state index contributed by atoms with van der Waals surface area (Å²) in [6.45, 7) is 2.84. The fourth-order valence-corrected chi connectivity index (χ4v) is 4.78. The van der Waals surface area contributed by atoms with E-state index in [-0.39, 0.29) is 23.1 Å². The third-order valence-corrected chi connectivity index (χ3v) is 5.92. The predicted octanol–water partition coefficient (Wildman–Crippen LogP) is 5.06. The molecule has 0 amide bonds. The zero-order valence-corrected chi connectivity index (χ0v) is 15.6. The van der Waals surface area contributed by atoms with Crippen LogP contribution in [0.4, 0.5) is 5.69 Å². The molecule has 0 spiro atoms. The van der Waals surface area contributed by atoms with E-state index in [4.69, 9.17) is 0 Å². The second-order valence-corrected chi connectivity index (χ2v) is 7.48. The van der Waals surface area contributed by atoms with E-state index in [9.17, 15) is 0 Å². The normalized spacial score (nSPS) is 16.1. The molecule has 0 fully saturated rings. The number of aromatic nitrogens is 2. The first-order valence-corrected chi connectivity index (χ1v) is 9.21. The highest BCUT2D eigenvalue weighted by Gasteiger charge is 2.21. The second kappa shape index (κ2) is 7.72. The zero-order chi connectivity index (χ0) is 16.4. The van der Waals surface area contributed by atoms with Crippen LogP contribution in [-0.4, -0.2) is 14.9 Å². The van der Waals surface area contributed by atoms with Crippen LogP contribution < -0.4 is 4.31 Å². The molecule has 2 aromatic carbocycles. The largest absolute Gasteiger partial charge is 0.331 e. The predicted molar refractivity (Wildman–Crippen MR) is 110 cm³/mol. The van der Waals surface area contributed by atoms with Crippen molar-refractivity contribution < 1.29 is 0 Å². The van der Waals surface area contributed by atoms with Crippen molar-refractivity contribution in [3.8, 4) is 0 Å². The van der Waals surface area contributed by atoms with E-state index in [0.29, 0.717) is 0 Å². The molecule has 0 bridgehead atoms. The van der Waals surface area contributed by atoms with Crippen LogP contribution >= 0.6 is 23.1 Å². The Bertz CT molecular complexity index is 901. The number of aryl methyl sites for hydroxylation is 1. The maximum atomic E-state index is 4.34. The lowest BCUT2D eigenvalue weighted by Crippen LogP contribution is -2.17. The molecule has 0 aliphatic carbocycles. The summed E-state index contributed by atoms with van der Waals surface area (Å²) in [7, 11) is -0.0944. The summed E-state index contributed by atoms with van der Waals surface area (Å²) in [5.41, 5.74) is 3.55. The Balaban J connectivity index is 0.00000182. The van der Waals surface area contributed by atoms with Crippen LogP contribution in [0.25, 0.3) is 0 Å². The number of para-hydroxylation sites is 1. The molecule has 2 heterocycles. The molecule has 0 radical (unpaired) electrons. The minimum atomic E-state index is -0.0944. The van der Waals surface area contributed by atoms with E-state index in [1.54, 1.807) is 0 Å². The number of hydrogen-bond acceptors (Lipinski definition) is 2. The molecule has 1 aromatic heterocycles. The number of nitrogens with zero attached hydrogens (tertiary/aromatic N) is 3. The van der Waals surface area contributed by atoms with Crippen molar-refractivity contribution in [1.82, 2.24) is 9.55 Å². The maximum absolute atomic E-state index is 4.34. The fourth-order valence-electron chi connectivity index (χ4n) is 2.85. The summed E-state index contributed by atoms with van der Waals surface area (Å²) in [6.07, 6.45) is 6.24. The minimum Gasteiger partial charge on any atom is -0.331 e. The van der Waals surface area contributed by atoms with Gasteiger partial charge < -0.3 is 4.57 Å². The topological polar surface area (TPSA) is 21.1 Å². The highest BCUT2D eigenvalue weighted by molar-refractivity contribution is 8.16. The highest BCUT2D eigenvalue weighted by atomic mass is 35.5. The smallest absolute Gasteiger partial charge is 0.0952 e. The summed E-state index contributed by atoms with van der Waals surface area (Å²) < 4.78 is 4.58. The number of rotatable bonds is 4. The Kier molecular flexibility index (Phi) is 5.41. The molecule has 4 rings (SSSR count). The van der Waals surface area contributed by atoms with Gasteiger partial charge in [-0.2, -0.15) is 0 Å². The zero-order valence-electron chi connectivity index (χ0n) is 13.9. The van der Waals surface area contributed by atoms with Gasteiger partial charge in [0.25, 0.3) is 0 Å². The molecule has 3 nitrogen and oxygen atoms in total. The fraction of sp³-hybridized carbons (Fsp3) is 0.100. The van der Waals surface area contributed by atoms with Gasteiger partial charge in [-0.05, 0) is 42.6 Å². The van der Waals surface area contributed by atoms with Gasteiger partial charge in [0.15, 0.2) is 0 Å². The molecule has 1 atom stereocenters. The van der Waals surface area contributed by atoms with Crippen LogP contribution in [-0.2, 0) is 6.54 Å². The van der Waals surface area contributed by atoms with Crippen LogP contribution in [0.3, 0.4) is 0 Å². The molecule has 25 heavy (non-hydrogen) atoms. The molecule has 128 valence electrons. The molecule has 1 unspecified atom stereocenters.